The van der Waals surface area contributed by atoms with E-state index in [2.05, 4.69) is 4.90 Å². The van der Waals surface area contributed by atoms with Crippen LogP contribution in [0.25, 0.3) is 6.08 Å². The molecule has 2 atom stereocenters. The molecule has 0 spiro atoms. The zero-order valence-electron chi connectivity index (χ0n) is 18.6. The fourth-order valence-electron chi connectivity index (χ4n) is 3.72. The lowest BCUT2D eigenvalue weighted by molar-refractivity contribution is -0.142. The van der Waals surface area contributed by atoms with Crippen LogP contribution in [0.4, 0.5) is 22.0 Å². The SMILES string of the molecule is C[C@@H]([C@@H](O)CC=Cc1cc(F)c(C(F)(F)F)c(F)c1)N(Cc1ccccc1)Cc1ccccc1. The highest BCUT2D eigenvalue weighted by Crippen LogP contribution is 2.34. The van der Waals surface area contributed by atoms with Crippen molar-refractivity contribution >= 4 is 6.08 Å². The highest BCUT2D eigenvalue weighted by Gasteiger charge is 2.37. The minimum Gasteiger partial charge on any atom is -0.391 e. The van der Waals surface area contributed by atoms with Gasteiger partial charge in [0.05, 0.1) is 6.10 Å². The van der Waals surface area contributed by atoms with Crippen molar-refractivity contribution in [3.63, 3.8) is 0 Å². The van der Waals surface area contributed by atoms with Crippen LogP contribution in [0.3, 0.4) is 0 Å². The molecule has 0 aromatic heterocycles. The first-order valence-electron chi connectivity index (χ1n) is 10.9. The number of alkyl halides is 3. The Labute approximate surface area is 196 Å². The Morgan fingerprint density at radius 1 is 0.853 bits per heavy atom. The average molecular weight is 476 g/mol. The summed E-state index contributed by atoms with van der Waals surface area (Å²) in [5.74, 6) is -3.34. The third kappa shape index (κ3) is 6.98. The van der Waals surface area contributed by atoms with Gasteiger partial charge in [0.1, 0.15) is 17.2 Å². The van der Waals surface area contributed by atoms with Crippen molar-refractivity contribution in [2.45, 2.75) is 44.8 Å². The van der Waals surface area contributed by atoms with E-state index in [1.807, 2.05) is 67.6 Å². The summed E-state index contributed by atoms with van der Waals surface area (Å²) in [6.07, 6.45) is -2.95. The van der Waals surface area contributed by atoms with Crippen molar-refractivity contribution in [2.24, 2.45) is 0 Å². The summed E-state index contributed by atoms with van der Waals surface area (Å²) in [4.78, 5) is 2.13. The van der Waals surface area contributed by atoms with Crippen molar-refractivity contribution in [1.29, 1.82) is 0 Å². The molecule has 0 aliphatic heterocycles. The molecule has 34 heavy (non-hydrogen) atoms. The smallest absolute Gasteiger partial charge is 0.391 e. The minimum absolute atomic E-state index is 0.0479. The Morgan fingerprint density at radius 2 is 1.32 bits per heavy atom. The fourth-order valence-corrected chi connectivity index (χ4v) is 3.72. The first kappa shape index (κ1) is 25.6. The Balaban J connectivity index is 1.71. The van der Waals surface area contributed by atoms with E-state index >= 15 is 0 Å². The van der Waals surface area contributed by atoms with E-state index in [-0.39, 0.29) is 18.0 Å². The maximum Gasteiger partial charge on any atom is 0.422 e. The monoisotopic (exact) mass is 475 g/mol. The van der Waals surface area contributed by atoms with Crippen LogP contribution in [0, 0.1) is 11.6 Å². The van der Waals surface area contributed by atoms with Crippen molar-refractivity contribution in [2.75, 3.05) is 0 Å². The predicted molar refractivity (Wildman–Crippen MR) is 123 cm³/mol. The lowest BCUT2D eigenvalue weighted by Crippen LogP contribution is -2.40. The van der Waals surface area contributed by atoms with E-state index in [0.717, 1.165) is 11.1 Å². The van der Waals surface area contributed by atoms with E-state index in [1.54, 1.807) is 0 Å². The van der Waals surface area contributed by atoms with Crippen LogP contribution < -0.4 is 0 Å². The normalized spacial score (nSPS) is 14.0. The number of nitrogens with zero attached hydrogens (tertiary/aromatic N) is 1. The van der Waals surface area contributed by atoms with Gasteiger partial charge in [0, 0.05) is 19.1 Å². The van der Waals surface area contributed by atoms with Crippen molar-refractivity contribution in [3.05, 3.63) is 113 Å². The van der Waals surface area contributed by atoms with Crippen LogP contribution in [0.2, 0.25) is 0 Å². The topological polar surface area (TPSA) is 23.5 Å². The highest BCUT2D eigenvalue weighted by molar-refractivity contribution is 5.50. The molecule has 7 heteroatoms. The van der Waals surface area contributed by atoms with Gasteiger partial charge >= 0.3 is 6.18 Å². The molecule has 0 aliphatic rings. The molecule has 0 saturated carbocycles. The second kappa shape index (κ2) is 11.4. The number of aliphatic hydroxyl groups excluding tert-OH is 1. The van der Waals surface area contributed by atoms with Crippen LogP contribution >= 0.6 is 0 Å². The predicted octanol–water partition coefficient (Wildman–Crippen LogP) is 6.84. The number of hydrogen-bond acceptors (Lipinski definition) is 2. The molecule has 0 heterocycles. The van der Waals surface area contributed by atoms with Gasteiger partial charge in [-0.25, -0.2) is 8.78 Å². The Morgan fingerprint density at radius 3 is 1.76 bits per heavy atom. The number of rotatable bonds is 9. The summed E-state index contributed by atoms with van der Waals surface area (Å²) in [6.45, 7) is 3.10. The molecule has 0 fully saturated rings. The maximum atomic E-state index is 13.8. The molecule has 0 amide bonds. The van der Waals surface area contributed by atoms with Crippen LogP contribution in [-0.2, 0) is 19.3 Å². The maximum absolute atomic E-state index is 13.8. The van der Waals surface area contributed by atoms with E-state index in [9.17, 15) is 27.1 Å². The molecule has 3 aromatic carbocycles. The molecule has 0 radical (unpaired) electrons. The molecule has 0 bridgehead atoms. The lowest BCUT2D eigenvalue weighted by atomic mass is 10.0. The summed E-state index contributed by atoms with van der Waals surface area (Å²) in [7, 11) is 0. The Bertz CT molecular complexity index is 1020. The second-order valence-electron chi connectivity index (χ2n) is 8.18. The van der Waals surface area contributed by atoms with Crippen LogP contribution in [0.5, 0.6) is 0 Å². The van der Waals surface area contributed by atoms with Gasteiger partial charge < -0.3 is 5.11 Å². The van der Waals surface area contributed by atoms with Gasteiger partial charge in [0.15, 0.2) is 0 Å². The first-order valence-corrected chi connectivity index (χ1v) is 10.9. The lowest BCUT2D eigenvalue weighted by Gasteiger charge is -2.32. The van der Waals surface area contributed by atoms with Gasteiger partial charge in [-0.3, -0.25) is 4.90 Å². The highest BCUT2D eigenvalue weighted by atomic mass is 19.4. The molecule has 1 N–H and O–H groups in total. The zero-order chi connectivity index (χ0) is 24.7. The Hall–Kier alpha value is -3.03. The Kier molecular flexibility index (Phi) is 8.58. The quantitative estimate of drug-likeness (QED) is 0.343. The molecule has 0 saturated heterocycles. The van der Waals surface area contributed by atoms with Crippen molar-refractivity contribution in [3.8, 4) is 0 Å². The minimum atomic E-state index is -5.11. The number of benzene rings is 3. The van der Waals surface area contributed by atoms with Gasteiger partial charge in [-0.05, 0) is 42.2 Å². The van der Waals surface area contributed by atoms with E-state index in [1.165, 1.54) is 12.2 Å². The second-order valence-corrected chi connectivity index (χ2v) is 8.18. The van der Waals surface area contributed by atoms with Gasteiger partial charge in [-0.1, -0.05) is 72.8 Å². The average Bonchev–Trinajstić information content (AvgIpc) is 2.78. The summed E-state index contributed by atoms with van der Waals surface area (Å²) in [5, 5.41) is 10.8. The van der Waals surface area contributed by atoms with Gasteiger partial charge in [0.2, 0.25) is 0 Å². The van der Waals surface area contributed by atoms with Gasteiger partial charge in [-0.15, -0.1) is 0 Å². The number of aliphatic hydroxyl groups is 1. The molecular weight excluding hydrogens is 449 g/mol. The molecule has 0 aliphatic carbocycles. The fraction of sp³-hybridized carbons (Fsp3) is 0.259. The standard InChI is InChI=1S/C27H26F5NO/c1-19(33(17-20-9-4-2-5-10-20)18-21-11-6-3-7-12-21)25(34)14-8-13-22-15-23(28)26(24(29)16-22)27(30,31)32/h2-13,15-16,19,25,34H,14,17-18H2,1H3/t19-,25-/m0/s1. The van der Waals surface area contributed by atoms with E-state index < -0.39 is 29.5 Å². The van der Waals surface area contributed by atoms with Crippen LogP contribution in [-0.4, -0.2) is 22.2 Å². The first-order chi connectivity index (χ1) is 16.1. The largest absolute Gasteiger partial charge is 0.422 e. The third-order valence-electron chi connectivity index (χ3n) is 5.63. The molecule has 0 unspecified atom stereocenters. The number of halogens is 5. The molecule has 2 nitrogen and oxygen atoms in total. The van der Waals surface area contributed by atoms with Gasteiger partial charge in [-0.2, -0.15) is 13.2 Å². The van der Waals surface area contributed by atoms with E-state index in [4.69, 9.17) is 0 Å². The molecule has 3 aromatic rings. The zero-order valence-corrected chi connectivity index (χ0v) is 18.6. The van der Waals surface area contributed by atoms with Gasteiger partial charge in [0.25, 0.3) is 0 Å². The number of hydrogen-bond donors (Lipinski definition) is 1. The molecular formula is C27H26F5NO. The third-order valence-corrected chi connectivity index (χ3v) is 5.63. The summed E-state index contributed by atoms with van der Waals surface area (Å²) in [6, 6.07) is 20.7. The summed E-state index contributed by atoms with van der Waals surface area (Å²) in [5.41, 5.74) is 0.219. The summed E-state index contributed by atoms with van der Waals surface area (Å²) < 4.78 is 65.8. The van der Waals surface area contributed by atoms with Crippen LogP contribution in [0.15, 0.2) is 78.9 Å². The van der Waals surface area contributed by atoms with E-state index in [0.29, 0.717) is 25.2 Å². The summed E-state index contributed by atoms with van der Waals surface area (Å²) >= 11 is 0. The van der Waals surface area contributed by atoms with Crippen LogP contribution in [0.1, 0.15) is 35.6 Å². The van der Waals surface area contributed by atoms with Crippen molar-refractivity contribution in [1.82, 2.24) is 4.90 Å². The molecule has 3 rings (SSSR count). The van der Waals surface area contributed by atoms with Crippen molar-refractivity contribution < 1.29 is 27.1 Å². The molecule has 180 valence electrons.